The van der Waals surface area contributed by atoms with E-state index in [2.05, 4.69) is 21.9 Å². The molecule has 0 N–H and O–H groups in total. The SMILES string of the molecule is COc1ccccc1C1=Nc2c(nc(C)nc2N2CCN(CCF)CC2)C=C([C@@H]2CCOC2)C1. The summed E-state index contributed by atoms with van der Waals surface area (Å²) in [4.78, 5) is 19.3. The van der Waals surface area contributed by atoms with Crippen LogP contribution < -0.4 is 9.64 Å². The number of benzene rings is 1. The molecule has 34 heavy (non-hydrogen) atoms. The fourth-order valence-corrected chi connectivity index (χ4v) is 5.03. The molecule has 3 aliphatic heterocycles. The van der Waals surface area contributed by atoms with Crippen molar-refractivity contribution in [3.05, 3.63) is 46.9 Å². The number of hydrogen-bond donors (Lipinski definition) is 0. The Kier molecular flexibility index (Phi) is 6.87. The van der Waals surface area contributed by atoms with Gasteiger partial charge in [0.05, 0.1) is 25.1 Å². The molecule has 0 bridgehead atoms. The highest BCUT2D eigenvalue weighted by Gasteiger charge is 2.28. The number of nitrogens with zero attached hydrogens (tertiary/aromatic N) is 5. The van der Waals surface area contributed by atoms with Gasteiger partial charge in [-0.15, -0.1) is 0 Å². The number of halogens is 1. The van der Waals surface area contributed by atoms with Gasteiger partial charge in [0.25, 0.3) is 0 Å². The summed E-state index contributed by atoms with van der Waals surface area (Å²) in [6.07, 6.45) is 3.93. The van der Waals surface area contributed by atoms with Crippen molar-refractivity contribution in [2.75, 3.05) is 64.6 Å². The lowest BCUT2D eigenvalue weighted by atomic mass is 9.91. The summed E-state index contributed by atoms with van der Waals surface area (Å²) in [7, 11) is 1.69. The summed E-state index contributed by atoms with van der Waals surface area (Å²) < 4.78 is 24.2. The van der Waals surface area contributed by atoms with Crippen LogP contribution in [0.5, 0.6) is 5.75 Å². The van der Waals surface area contributed by atoms with Gasteiger partial charge in [-0.1, -0.05) is 17.7 Å². The normalized spacial score (nSPS) is 21.0. The Bertz CT molecular complexity index is 1090. The monoisotopic (exact) mass is 465 g/mol. The standard InChI is InChI=1S/C26H32FN5O2/c1-18-28-23-16-20(19-7-14-34-17-19)15-22(21-5-3-4-6-24(21)33-2)30-25(23)26(29-18)32-12-10-31(9-8-27)11-13-32/h3-6,16,19H,7-15,17H2,1-2H3/t19-/m1/s1. The minimum atomic E-state index is -0.312. The largest absolute Gasteiger partial charge is 0.496 e. The molecule has 8 heteroatoms. The van der Waals surface area contributed by atoms with Gasteiger partial charge in [0.1, 0.15) is 23.9 Å². The minimum Gasteiger partial charge on any atom is -0.496 e. The number of rotatable bonds is 6. The molecule has 180 valence electrons. The smallest absolute Gasteiger partial charge is 0.159 e. The molecule has 0 saturated carbocycles. The van der Waals surface area contributed by atoms with Crippen LogP contribution in [0.25, 0.3) is 6.08 Å². The minimum absolute atomic E-state index is 0.312. The molecule has 3 aliphatic rings. The first-order valence-corrected chi connectivity index (χ1v) is 12.1. The second kappa shape index (κ2) is 10.2. The second-order valence-electron chi connectivity index (χ2n) is 9.06. The van der Waals surface area contributed by atoms with E-state index in [4.69, 9.17) is 24.4 Å². The Morgan fingerprint density at radius 2 is 1.97 bits per heavy atom. The van der Waals surface area contributed by atoms with Crippen molar-refractivity contribution in [1.29, 1.82) is 0 Å². The predicted octanol–water partition coefficient (Wildman–Crippen LogP) is 3.83. The topological polar surface area (TPSA) is 63.1 Å². The van der Waals surface area contributed by atoms with Gasteiger partial charge in [0.2, 0.25) is 0 Å². The maximum atomic E-state index is 12.8. The van der Waals surface area contributed by atoms with Crippen molar-refractivity contribution in [3.63, 3.8) is 0 Å². The highest BCUT2D eigenvalue weighted by molar-refractivity contribution is 6.07. The van der Waals surface area contributed by atoms with Gasteiger partial charge >= 0.3 is 0 Å². The van der Waals surface area contributed by atoms with Gasteiger partial charge in [-0.3, -0.25) is 4.90 Å². The average molecular weight is 466 g/mol. The fraction of sp³-hybridized carbons (Fsp3) is 0.500. The van der Waals surface area contributed by atoms with Gasteiger partial charge in [-0.2, -0.15) is 0 Å². The summed E-state index contributed by atoms with van der Waals surface area (Å²) in [6, 6.07) is 8.03. The number of piperazine rings is 1. The molecule has 2 saturated heterocycles. The molecule has 5 rings (SSSR count). The highest BCUT2D eigenvalue weighted by atomic mass is 19.1. The zero-order valence-corrected chi connectivity index (χ0v) is 20.0. The highest BCUT2D eigenvalue weighted by Crippen LogP contribution is 2.39. The third kappa shape index (κ3) is 4.70. The number of alkyl halides is 1. The van der Waals surface area contributed by atoms with Crippen molar-refractivity contribution < 1.29 is 13.9 Å². The van der Waals surface area contributed by atoms with Gasteiger partial charge in [-0.25, -0.2) is 19.4 Å². The number of para-hydroxylation sites is 1. The molecule has 0 aliphatic carbocycles. The van der Waals surface area contributed by atoms with Crippen LogP contribution in [0.1, 0.15) is 29.9 Å². The van der Waals surface area contributed by atoms with Crippen LogP contribution in [0.3, 0.4) is 0 Å². The molecule has 1 aromatic heterocycles. The molecular formula is C26H32FN5O2. The molecule has 2 fully saturated rings. The number of ether oxygens (including phenoxy) is 2. The number of anilines is 1. The summed E-state index contributed by atoms with van der Waals surface area (Å²) in [5.41, 5.74) is 4.90. The average Bonchev–Trinajstić information content (AvgIpc) is 3.33. The van der Waals surface area contributed by atoms with Crippen LogP contribution in [0, 0.1) is 12.8 Å². The van der Waals surface area contributed by atoms with E-state index in [1.807, 2.05) is 25.1 Å². The maximum absolute atomic E-state index is 12.8. The van der Waals surface area contributed by atoms with Crippen molar-refractivity contribution in [2.45, 2.75) is 19.8 Å². The Morgan fingerprint density at radius 1 is 1.15 bits per heavy atom. The molecule has 1 atom stereocenters. The van der Waals surface area contributed by atoms with Crippen LogP contribution in [-0.4, -0.2) is 80.3 Å². The van der Waals surface area contributed by atoms with Crippen molar-refractivity contribution >= 4 is 23.3 Å². The molecular weight excluding hydrogens is 433 g/mol. The number of fused-ring (bicyclic) bond motifs is 1. The molecule has 0 amide bonds. The number of aromatic nitrogens is 2. The molecule has 0 radical (unpaired) electrons. The zero-order chi connectivity index (χ0) is 23.5. The number of hydrogen-bond acceptors (Lipinski definition) is 7. The number of methoxy groups -OCH3 is 1. The fourth-order valence-electron chi connectivity index (χ4n) is 5.03. The van der Waals surface area contributed by atoms with Crippen LogP contribution in [-0.2, 0) is 4.74 Å². The van der Waals surface area contributed by atoms with E-state index in [9.17, 15) is 4.39 Å². The van der Waals surface area contributed by atoms with E-state index in [0.717, 1.165) is 85.9 Å². The Labute approximate surface area is 200 Å². The van der Waals surface area contributed by atoms with Crippen LogP contribution in [0.4, 0.5) is 15.9 Å². The van der Waals surface area contributed by atoms with Crippen molar-refractivity contribution in [2.24, 2.45) is 10.9 Å². The van der Waals surface area contributed by atoms with E-state index in [-0.39, 0.29) is 6.67 Å². The van der Waals surface area contributed by atoms with Crippen molar-refractivity contribution in [1.82, 2.24) is 14.9 Å². The molecule has 7 nitrogen and oxygen atoms in total. The first kappa shape index (κ1) is 22.9. The Morgan fingerprint density at radius 3 is 2.71 bits per heavy atom. The van der Waals surface area contributed by atoms with Crippen LogP contribution in [0.2, 0.25) is 0 Å². The van der Waals surface area contributed by atoms with Crippen LogP contribution >= 0.6 is 0 Å². The van der Waals surface area contributed by atoms with E-state index in [0.29, 0.717) is 18.9 Å². The van der Waals surface area contributed by atoms with E-state index >= 15 is 0 Å². The Hall–Kier alpha value is -2.84. The summed E-state index contributed by atoms with van der Waals surface area (Å²) >= 11 is 0. The lowest BCUT2D eigenvalue weighted by molar-refractivity contribution is 0.190. The van der Waals surface area contributed by atoms with Gasteiger partial charge in [-0.05, 0) is 31.6 Å². The quantitative estimate of drug-likeness (QED) is 0.646. The predicted molar refractivity (Wildman–Crippen MR) is 132 cm³/mol. The lowest BCUT2D eigenvalue weighted by Crippen LogP contribution is -2.47. The molecule has 4 heterocycles. The first-order valence-electron chi connectivity index (χ1n) is 12.1. The zero-order valence-electron chi connectivity index (χ0n) is 20.0. The maximum Gasteiger partial charge on any atom is 0.159 e. The molecule has 2 aromatic rings. The molecule has 0 unspecified atom stereocenters. The van der Waals surface area contributed by atoms with Gasteiger partial charge in [0, 0.05) is 57.2 Å². The Balaban J connectivity index is 1.60. The van der Waals surface area contributed by atoms with E-state index in [1.165, 1.54) is 5.57 Å². The van der Waals surface area contributed by atoms with Gasteiger partial charge in [0.15, 0.2) is 5.82 Å². The third-order valence-electron chi connectivity index (χ3n) is 6.89. The second-order valence-corrected chi connectivity index (χ2v) is 9.06. The molecule has 0 spiro atoms. The summed E-state index contributed by atoms with van der Waals surface area (Å²) in [5, 5.41) is 0. The van der Waals surface area contributed by atoms with E-state index in [1.54, 1.807) is 7.11 Å². The summed E-state index contributed by atoms with van der Waals surface area (Å²) in [5.74, 6) is 2.75. The number of aliphatic imine (C=N–C) groups is 1. The van der Waals surface area contributed by atoms with E-state index < -0.39 is 0 Å². The number of aryl methyl sites for hydroxylation is 1. The van der Waals surface area contributed by atoms with Crippen LogP contribution in [0.15, 0.2) is 34.8 Å². The summed E-state index contributed by atoms with van der Waals surface area (Å²) in [6.45, 7) is 6.82. The molecule has 1 aromatic carbocycles. The third-order valence-corrected chi connectivity index (χ3v) is 6.89. The lowest BCUT2D eigenvalue weighted by Gasteiger charge is -2.35. The first-order chi connectivity index (χ1) is 16.7. The van der Waals surface area contributed by atoms with Crippen molar-refractivity contribution in [3.8, 4) is 5.75 Å². The van der Waals surface area contributed by atoms with Gasteiger partial charge < -0.3 is 14.4 Å².